The van der Waals surface area contributed by atoms with Crippen LogP contribution in [0.2, 0.25) is 0 Å². The van der Waals surface area contributed by atoms with Gasteiger partial charge in [0.2, 0.25) is 0 Å². The maximum atomic E-state index is 13.7. The van der Waals surface area contributed by atoms with Gasteiger partial charge in [0.1, 0.15) is 17.3 Å². The van der Waals surface area contributed by atoms with Crippen LogP contribution in [0.1, 0.15) is 16.7 Å². The van der Waals surface area contributed by atoms with Crippen molar-refractivity contribution in [1.82, 2.24) is 5.43 Å². The second-order valence-electron chi connectivity index (χ2n) is 5.20. The van der Waals surface area contributed by atoms with Crippen molar-refractivity contribution in [3.63, 3.8) is 0 Å². The Morgan fingerprint density at radius 1 is 1.12 bits per heavy atom. The van der Waals surface area contributed by atoms with Crippen LogP contribution in [0.4, 0.5) is 27.6 Å². The Kier molecular flexibility index (Phi) is 5.56. The fourth-order valence-corrected chi connectivity index (χ4v) is 2.13. The van der Waals surface area contributed by atoms with Gasteiger partial charge in [0.05, 0.1) is 5.56 Å². The van der Waals surface area contributed by atoms with E-state index in [1.807, 2.05) is 0 Å². The average Bonchev–Trinajstić information content (AvgIpc) is 2.58. The summed E-state index contributed by atoms with van der Waals surface area (Å²) in [6, 6.07) is 5.23. The molecule has 2 rings (SSSR count). The van der Waals surface area contributed by atoms with Crippen LogP contribution in [0.25, 0.3) is 0 Å². The molecular formula is C16H13F5N4O. The van der Waals surface area contributed by atoms with Crippen molar-refractivity contribution in [3.8, 4) is 0 Å². The number of carbonyl (C=O) groups excluding carboxylic acids is 1. The SMILES string of the molecule is N=C(C(=O)NN)c1cc(C(F)(F)F)ccc1NCc1ccc(F)cc1F. The number of hydrogen-bond donors (Lipinski definition) is 4. The minimum atomic E-state index is -4.68. The van der Waals surface area contributed by atoms with Crippen LogP contribution in [0.15, 0.2) is 36.4 Å². The molecule has 0 radical (unpaired) electrons. The number of amides is 1. The first-order valence-electron chi connectivity index (χ1n) is 7.12. The van der Waals surface area contributed by atoms with Gasteiger partial charge < -0.3 is 5.32 Å². The lowest BCUT2D eigenvalue weighted by Gasteiger charge is -2.15. The summed E-state index contributed by atoms with van der Waals surface area (Å²) < 4.78 is 65.2. The number of anilines is 1. The Hall–Kier alpha value is -3.01. The summed E-state index contributed by atoms with van der Waals surface area (Å²) in [6.07, 6.45) is -4.68. The lowest BCUT2D eigenvalue weighted by atomic mass is 10.0. The lowest BCUT2D eigenvalue weighted by Crippen LogP contribution is -2.36. The van der Waals surface area contributed by atoms with Gasteiger partial charge in [-0.25, -0.2) is 14.6 Å². The second kappa shape index (κ2) is 7.48. The van der Waals surface area contributed by atoms with Crippen molar-refractivity contribution in [3.05, 3.63) is 64.7 Å². The van der Waals surface area contributed by atoms with Gasteiger partial charge in [-0.05, 0) is 24.3 Å². The largest absolute Gasteiger partial charge is 0.416 e. The number of benzene rings is 2. The molecule has 0 saturated heterocycles. The monoisotopic (exact) mass is 372 g/mol. The molecule has 0 spiro atoms. The van der Waals surface area contributed by atoms with Crippen LogP contribution in [-0.2, 0) is 17.5 Å². The summed E-state index contributed by atoms with van der Waals surface area (Å²) in [5.41, 5.74) is -0.550. The van der Waals surface area contributed by atoms with E-state index in [-0.39, 0.29) is 23.4 Å². The van der Waals surface area contributed by atoms with E-state index in [1.54, 1.807) is 5.43 Å². The fourth-order valence-electron chi connectivity index (χ4n) is 2.13. The third-order valence-electron chi connectivity index (χ3n) is 3.46. The Labute approximate surface area is 144 Å². The van der Waals surface area contributed by atoms with E-state index in [4.69, 9.17) is 11.3 Å². The number of hydrazine groups is 1. The Morgan fingerprint density at radius 3 is 2.38 bits per heavy atom. The van der Waals surface area contributed by atoms with Crippen molar-refractivity contribution in [1.29, 1.82) is 5.41 Å². The van der Waals surface area contributed by atoms with E-state index in [0.29, 0.717) is 12.1 Å². The molecule has 26 heavy (non-hydrogen) atoms. The molecule has 0 fully saturated rings. The van der Waals surface area contributed by atoms with Gasteiger partial charge in [-0.3, -0.25) is 15.6 Å². The predicted octanol–water partition coefficient (Wildman–Crippen LogP) is 2.95. The smallest absolute Gasteiger partial charge is 0.380 e. The van der Waals surface area contributed by atoms with Gasteiger partial charge in [-0.15, -0.1) is 0 Å². The average molecular weight is 372 g/mol. The highest BCUT2D eigenvalue weighted by Crippen LogP contribution is 2.32. The fraction of sp³-hybridized carbons (Fsp3) is 0.125. The first kappa shape index (κ1) is 19.3. The van der Waals surface area contributed by atoms with Crippen LogP contribution in [0.5, 0.6) is 0 Å². The molecule has 0 bridgehead atoms. The van der Waals surface area contributed by atoms with Gasteiger partial charge in [-0.1, -0.05) is 6.07 Å². The summed E-state index contributed by atoms with van der Waals surface area (Å²) in [5, 5.41) is 10.3. The van der Waals surface area contributed by atoms with Gasteiger partial charge in [-0.2, -0.15) is 13.2 Å². The van der Waals surface area contributed by atoms with E-state index < -0.39 is 35.0 Å². The zero-order valence-corrected chi connectivity index (χ0v) is 13.0. The van der Waals surface area contributed by atoms with Crippen LogP contribution >= 0.6 is 0 Å². The number of halogens is 5. The lowest BCUT2D eigenvalue weighted by molar-refractivity contribution is -0.137. The molecule has 1 amide bonds. The van der Waals surface area contributed by atoms with Crippen molar-refractivity contribution in [2.75, 3.05) is 5.32 Å². The first-order chi connectivity index (χ1) is 12.1. The molecule has 5 nitrogen and oxygen atoms in total. The molecule has 138 valence electrons. The summed E-state index contributed by atoms with van der Waals surface area (Å²) in [4.78, 5) is 11.5. The number of nitrogens with two attached hydrogens (primary N) is 1. The molecule has 0 heterocycles. The Balaban J connectivity index is 2.37. The van der Waals surface area contributed by atoms with Gasteiger partial charge in [0.15, 0.2) is 0 Å². The number of hydrogen-bond acceptors (Lipinski definition) is 4. The number of carbonyl (C=O) groups is 1. The maximum Gasteiger partial charge on any atom is 0.416 e. The Bertz CT molecular complexity index is 851. The molecule has 0 atom stereocenters. The maximum absolute atomic E-state index is 13.7. The minimum absolute atomic E-state index is 0.0182. The molecule has 0 aliphatic carbocycles. The highest BCUT2D eigenvalue weighted by molar-refractivity contribution is 6.45. The van der Waals surface area contributed by atoms with Gasteiger partial charge in [0, 0.05) is 29.4 Å². The van der Waals surface area contributed by atoms with Crippen LogP contribution in [0, 0.1) is 17.0 Å². The summed E-state index contributed by atoms with van der Waals surface area (Å²) in [5.74, 6) is 2.20. The van der Waals surface area contributed by atoms with E-state index in [0.717, 1.165) is 18.2 Å². The standard InChI is InChI=1S/C16H13F5N4O/c17-10-3-1-8(12(18)6-10)7-24-13-4-2-9(16(19,20)21)5-11(13)14(22)15(26)25-23/h1-6,22,24H,7,23H2,(H,25,26). The highest BCUT2D eigenvalue weighted by atomic mass is 19.4. The van der Waals surface area contributed by atoms with Crippen molar-refractivity contribution < 1.29 is 26.7 Å². The zero-order valence-electron chi connectivity index (χ0n) is 13.0. The van der Waals surface area contributed by atoms with Crippen LogP contribution < -0.4 is 16.6 Å². The van der Waals surface area contributed by atoms with Crippen LogP contribution in [0.3, 0.4) is 0 Å². The van der Waals surface area contributed by atoms with Gasteiger partial charge >= 0.3 is 6.18 Å². The topological polar surface area (TPSA) is 91.0 Å². The second-order valence-corrected chi connectivity index (χ2v) is 5.20. The molecule has 0 saturated carbocycles. The summed E-state index contributed by atoms with van der Waals surface area (Å²) in [7, 11) is 0. The molecule has 2 aromatic carbocycles. The number of nitrogens with one attached hydrogen (secondary N) is 3. The summed E-state index contributed by atoms with van der Waals surface area (Å²) in [6.45, 7) is -0.206. The normalized spacial score (nSPS) is 11.2. The third-order valence-corrected chi connectivity index (χ3v) is 3.46. The highest BCUT2D eigenvalue weighted by Gasteiger charge is 2.32. The van der Waals surface area contributed by atoms with Crippen molar-refractivity contribution in [2.24, 2.45) is 5.84 Å². The molecular weight excluding hydrogens is 359 g/mol. The molecule has 0 aliphatic rings. The molecule has 0 aliphatic heterocycles. The molecule has 10 heteroatoms. The molecule has 0 unspecified atom stereocenters. The quantitative estimate of drug-likeness (QED) is 0.214. The van der Waals surface area contributed by atoms with E-state index in [9.17, 15) is 26.7 Å². The molecule has 2 aromatic rings. The van der Waals surface area contributed by atoms with E-state index in [1.165, 1.54) is 6.07 Å². The Morgan fingerprint density at radius 2 is 1.81 bits per heavy atom. The third kappa shape index (κ3) is 4.33. The molecule has 5 N–H and O–H groups in total. The number of alkyl halides is 3. The summed E-state index contributed by atoms with van der Waals surface area (Å²) >= 11 is 0. The molecule has 0 aromatic heterocycles. The van der Waals surface area contributed by atoms with E-state index in [2.05, 4.69) is 5.32 Å². The zero-order chi connectivity index (χ0) is 19.5. The minimum Gasteiger partial charge on any atom is -0.380 e. The first-order valence-corrected chi connectivity index (χ1v) is 7.12. The predicted molar refractivity (Wildman–Crippen MR) is 84.3 cm³/mol. The number of rotatable bonds is 5. The van der Waals surface area contributed by atoms with Crippen molar-refractivity contribution in [2.45, 2.75) is 12.7 Å². The van der Waals surface area contributed by atoms with Gasteiger partial charge in [0.25, 0.3) is 5.91 Å². The van der Waals surface area contributed by atoms with Crippen LogP contribution in [-0.4, -0.2) is 11.6 Å². The van der Waals surface area contributed by atoms with Crippen molar-refractivity contribution >= 4 is 17.3 Å². The van der Waals surface area contributed by atoms with E-state index >= 15 is 0 Å².